The zero-order valence-corrected chi connectivity index (χ0v) is 12.4. The molecule has 1 atom stereocenters. The van der Waals surface area contributed by atoms with Gasteiger partial charge < -0.3 is 10.1 Å². The quantitative estimate of drug-likeness (QED) is 0.926. The first-order chi connectivity index (χ1) is 8.20. The number of ether oxygens (including phenoxy) is 1. The molecule has 1 fully saturated rings. The van der Waals surface area contributed by atoms with Crippen LogP contribution in [0.4, 0.5) is 0 Å². The fraction of sp³-hybridized carbons (Fsp3) is 0.538. The first kappa shape index (κ1) is 15.6. The van der Waals surface area contributed by atoms with E-state index in [1.165, 1.54) is 0 Å². The summed E-state index contributed by atoms with van der Waals surface area (Å²) >= 11 is 6.04. The minimum absolute atomic E-state index is 0. The van der Waals surface area contributed by atoms with Crippen LogP contribution in [0.1, 0.15) is 12.5 Å². The number of piperazine rings is 1. The van der Waals surface area contributed by atoms with Crippen LogP contribution in [0.25, 0.3) is 0 Å². The standard InChI is InChI=1S/C13H19ClN2O.ClH/c1-10-8-15-5-6-16(10)9-11-7-12(14)3-4-13(11)17-2;/h3-4,7,10,15H,5-6,8-9H2,1-2H3;1H. The molecule has 1 aromatic carbocycles. The first-order valence-corrected chi connectivity index (χ1v) is 6.35. The highest BCUT2D eigenvalue weighted by molar-refractivity contribution is 6.30. The van der Waals surface area contributed by atoms with Crippen LogP contribution in [0.2, 0.25) is 5.02 Å². The van der Waals surface area contributed by atoms with E-state index in [0.717, 1.165) is 42.5 Å². The largest absolute Gasteiger partial charge is 0.496 e. The lowest BCUT2D eigenvalue weighted by Crippen LogP contribution is -2.49. The summed E-state index contributed by atoms with van der Waals surface area (Å²) in [7, 11) is 1.70. The molecule has 5 heteroatoms. The van der Waals surface area contributed by atoms with Gasteiger partial charge in [0.05, 0.1) is 7.11 Å². The Morgan fingerprint density at radius 2 is 2.28 bits per heavy atom. The van der Waals surface area contributed by atoms with E-state index in [2.05, 4.69) is 17.1 Å². The number of rotatable bonds is 3. The summed E-state index contributed by atoms with van der Waals surface area (Å²) in [5.41, 5.74) is 1.16. The second kappa shape index (κ2) is 7.19. The van der Waals surface area contributed by atoms with E-state index in [-0.39, 0.29) is 12.4 Å². The van der Waals surface area contributed by atoms with Gasteiger partial charge in [-0.15, -0.1) is 12.4 Å². The van der Waals surface area contributed by atoms with Crippen molar-refractivity contribution in [2.45, 2.75) is 19.5 Å². The monoisotopic (exact) mass is 290 g/mol. The lowest BCUT2D eigenvalue weighted by Gasteiger charge is -2.34. The molecule has 1 heterocycles. The molecule has 102 valence electrons. The van der Waals surface area contributed by atoms with Crippen LogP contribution in [0.5, 0.6) is 5.75 Å². The van der Waals surface area contributed by atoms with Crippen molar-refractivity contribution in [2.24, 2.45) is 0 Å². The predicted molar refractivity (Wildman–Crippen MR) is 78.0 cm³/mol. The molecule has 1 N–H and O–H groups in total. The average molecular weight is 291 g/mol. The third-order valence-electron chi connectivity index (χ3n) is 3.25. The fourth-order valence-corrected chi connectivity index (χ4v) is 2.40. The Bertz CT molecular complexity index is 387. The van der Waals surface area contributed by atoms with Crippen molar-refractivity contribution in [3.05, 3.63) is 28.8 Å². The van der Waals surface area contributed by atoms with Crippen LogP contribution in [0, 0.1) is 0 Å². The SMILES string of the molecule is COc1ccc(Cl)cc1CN1CCNCC1C.Cl. The predicted octanol–water partition coefficient (Wildman–Crippen LogP) is 2.56. The molecule has 0 saturated carbocycles. The number of hydrogen-bond donors (Lipinski definition) is 1. The van der Waals surface area contributed by atoms with E-state index in [9.17, 15) is 0 Å². The molecular formula is C13H20Cl2N2O. The molecule has 1 unspecified atom stereocenters. The highest BCUT2D eigenvalue weighted by Gasteiger charge is 2.19. The number of halogens is 2. The summed E-state index contributed by atoms with van der Waals surface area (Å²) in [5.74, 6) is 0.917. The highest BCUT2D eigenvalue weighted by atomic mass is 35.5. The van der Waals surface area contributed by atoms with Gasteiger partial charge in [-0.25, -0.2) is 0 Å². The van der Waals surface area contributed by atoms with Gasteiger partial charge in [-0.05, 0) is 25.1 Å². The van der Waals surface area contributed by atoms with Gasteiger partial charge in [0.25, 0.3) is 0 Å². The molecule has 3 nitrogen and oxygen atoms in total. The molecule has 18 heavy (non-hydrogen) atoms. The van der Waals surface area contributed by atoms with E-state index in [4.69, 9.17) is 16.3 Å². The Morgan fingerprint density at radius 3 is 2.94 bits per heavy atom. The molecule has 0 bridgehead atoms. The highest BCUT2D eigenvalue weighted by Crippen LogP contribution is 2.24. The second-order valence-electron chi connectivity index (χ2n) is 4.48. The summed E-state index contributed by atoms with van der Waals surface area (Å²) < 4.78 is 5.38. The van der Waals surface area contributed by atoms with Gasteiger partial charge in [-0.3, -0.25) is 4.90 Å². The van der Waals surface area contributed by atoms with Gasteiger partial charge in [0.1, 0.15) is 5.75 Å². The van der Waals surface area contributed by atoms with E-state index in [0.29, 0.717) is 6.04 Å². The van der Waals surface area contributed by atoms with Crippen molar-refractivity contribution in [2.75, 3.05) is 26.7 Å². The number of methoxy groups -OCH3 is 1. The molecule has 0 aliphatic carbocycles. The Balaban J connectivity index is 0.00000162. The van der Waals surface area contributed by atoms with Gasteiger partial charge in [-0.2, -0.15) is 0 Å². The summed E-state index contributed by atoms with van der Waals surface area (Å²) in [6.45, 7) is 6.29. The van der Waals surface area contributed by atoms with Gasteiger partial charge in [0, 0.05) is 42.8 Å². The smallest absolute Gasteiger partial charge is 0.123 e. The molecule has 1 aromatic rings. The van der Waals surface area contributed by atoms with Crippen molar-refractivity contribution < 1.29 is 4.74 Å². The molecule has 0 radical (unpaired) electrons. The van der Waals surface area contributed by atoms with Gasteiger partial charge in [-0.1, -0.05) is 11.6 Å². The maximum Gasteiger partial charge on any atom is 0.123 e. The molecular weight excluding hydrogens is 271 g/mol. The molecule has 1 aliphatic heterocycles. The second-order valence-corrected chi connectivity index (χ2v) is 4.92. The van der Waals surface area contributed by atoms with Crippen LogP contribution in [0.15, 0.2) is 18.2 Å². The molecule has 2 rings (SSSR count). The summed E-state index contributed by atoms with van der Waals surface area (Å²) in [4.78, 5) is 2.45. The zero-order valence-electron chi connectivity index (χ0n) is 10.8. The Kier molecular flexibility index (Phi) is 6.22. The maximum absolute atomic E-state index is 6.04. The van der Waals surface area contributed by atoms with Crippen molar-refractivity contribution >= 4 is 24.0 Å². The van der Waals surface area contributed by atoms with Crippen molar-refractivity contribution in [1.29, 1.82) is 0 Å². The normalized spacial score (nSPS) is 20.3. The molecule has 0 amide bonds. The fourth-order valence-electron chi connectivity index (χ4n) is 2.21. The van der Waals surface area contributed by atoms with Crippen LogP contribution in [0.3, 0.4) is 0 Å². The lowest BCUT2D eigenvalue weighted by molar-refractivity contribution is 0.164. The molecule has 1 aliphatic rings. The lowest BCUT2D eigenvalue weighted by atomic mass is 10.1. The molecule has 0 aromatic heterocycles. The summed E-state index contributed by atoms with van der Waals surface area (Å²) in [6, 6.07) is 6.34. The van der Waals surface area contributed by atoms with Gasteiger partial charge in [0.2, 0.25) is 0 Å². The van der Waals surface area contributed by atoms with Crippen LogP contribution >= 0.6 is 24.0 Å². The van der Waals surface area contributed by atoms with E-state index < -0.39 is 0 Å². The summed E-state index contributed by atoms with van der Waals surface area (Å²) in [6.07, 6.45) is 0. The van der Waals surface area contributed by atoms with Gasteiger partial charge >= 0.3 is 0 Å². The Labute approximate surface area is 120 Å². The number of nitrogens with zero attached hydrogens (tertiary/aromatic N) is 1. The Hall–Kier alpha value is -0.480. The van der Waals surface area contributed by atoms with Crippen molar-refractivity contribution in [3.8, 4) is 5.75 Å². The van der Waals surface area contributed by atoms with Crippen LogP contribution in [-0.2, 0) is 6.54 Å². The molecule has 0 spiro atoms. The number of nitrogens with one attached hydrogen (secondary N) is 1. The number of benzene rings is 1. The third kappa shape index (κ3) is 3.75. The summed E-state index contributed by atoms with van der Waals surface area (Å²) in [5, 5.41) is 4.16. The Morgan fingerprint density at radius 1 is 1.50 bits per heavy atom. The third-order valence-corrected chi connectivity index (χ3v) is 3.49. The first-order valence-electron chi connectivity index (χ1n) is 5.98. The van der Waals surface area contributed by atoms with Crippen molar-refractivity contribution in [3.63, 3.8) is 0 Å². The van der Waals surface area contributed by atoms with E-state index in [1.807, 2.05) is 18.2 Å². The number of hydrogen-bond acceptors (Lipinski definition) is 3. The van der Waals surface area contributed by atoms with E-state index >= 15 is 0 Å². The van der Waals surface area contributed by atoms with E-state index in [1.54, 1.807) is 7.11 Å². The van der Waals surface area contributed by atoms with Crippen LogP contribution in [-0.4, -0.2) is 37.7 Å². The minimum Gasteiger partial charge on any atom is -0.496 e. The maximum atomic E-state index is 6.04. The van der Waals surface area contributed by atoms with Crippen LogP contribution < -0.4 is 10.1 Å². The zero-order chi connectivity index (χ0) is 12.3. The topological polar surface area (TPSA) is 24.5 Å². The minimum atomic E-state index is 0. The molecule has 1 saturated heterocycles. The van der Waals surface area contributed by atoms with Gasteiger partial charge in [0.15, 0.2) is 0 Å². The van der Waals surface area contributed by atoms with Crippen molar-refractivity contribution in [1.82, 2.24) is 10.2 Å². The average Bonchev–Trinajstić information content (AvgIpc) is 2.32.